The van der Waals surface area contributed by atoms with Gasteiger partial charge in [0, 0.05) is 11.6 Å². The van der Waals surface area contributed by atoms with Crippen LogP contribution in [-0.2, 0) is 6.42 Å². The highest BCUT2D eigenvalue weighted by molar-refractivity contribution is 5.57. The van der Waals surface area contributed by atoms with E-state index >= 15 is 0 Å². The highest BCUT2D eigenvalue weighted by atomic mass is 15.3. The summed E-state index contributed by atoms with van der Waals surface area (Å²) in [5, 5.41) is 8.71. The fraction of sp³-hybridized carbons (Fsp3) is 0.500. The molecule has 0 bridgehead atoms. The molecule has 1 fully saturated rings. The van der Waals surface area contributed by atoms with E-state index < -0.39 is 0 Å². The van der Waals surface area contributed by atoms with Gasteiger partial charge in [0.1, 0.15) is 5.82 Å². The smallest absolute Gasteiger partial charge is 0.164 e. The molecule has 0 spiro atoms. The zero-order valence-electron chi connectivity index (χ0n) is 12.0. The predicted octanol–water partition coefficient (Wildman–Crippen LogP) is 2.87. The largest absolute Gasteiger partial charge is 0.330 e. The first-order valence-electron chi connectivity index (χ1n) is 7.50. The van der Waals surface area contributed by atoms with Gasteiger partial charge in [0.15, 0.2) is 5.82 Å². The van der Waals surface area contributed by atoms with Gasteiger partial charge in [-0.05, 0) is 44.4 Å². The minimum absolute atomic E-state index is 0.568. The van der Waals surface area contributed by atoms with Crippen molar-refractivity contribution in [2.24, 2.45) is 5.73 Å². The Morgan fingerprint density at radius 2 is 2.05 bits per heavy atom. The van der Waals surface area contributed by atoms with Crippen LogP contribution in [0.2, 0.25) is 0 Å². The van der Waals surface area contributed by atoms with Crippen molar-refractivity contribution < 1.29 is 0 Å². The number of benzene rings is 1. The molecule has 1 heterocycles. The molecule has 3 rings (SSSR count). The fourth-order valence-corrected chi connectivity index (χ4v) is 3.20. The molecule has 0 saturated heterocycles. The maximum atomic E-state index is 5.65. The van der Waals surface area contributed by atoms with E-state index in [1.807, 2.05) is 0 Å². The molecular formula is C16H22N4. The van der Waals surface area contributed by atoms with Crippen molar-refractivity contribution in [2.75, 3.05) is 6.54 Å². The van der Waals surface area contributed by atoms with Crippen molar-refractivity contribution in [1.82, 2.24) is 14.8 Å². The molecule has 4 heteroatoms. The highest BCUT2D eigenvalue weighted by Crippen LogP contribution is 2.33. The van der Waals surface area contributed by atoms with Gasteiger partial charge in [0.05, 0.1) is 0 Å². The average Bonchev–Trinajstić information content (AvgIpc) is 3.08. The Hall–Kier alpha value is -1.68. The molecule has 0 radical (unpaired) electrons. The maximum Gasteiger partial charge on any atom is 0.164 e. The van der Waals surface area contributed by atoms with Gasteiger partial charge in [-0.25, -0.2) is 0 Å². The molecule has 1 aromatic carbocycles. The zero-order valence-corrected chi connectivity index (χ0v) is 12.0. The van der Waals surface area contributed by atoms with Gasteiger partial charge in [-0.1, -0.05) is 31.0 Å². The van der Waals surface area contributed by atoms with Crippen LogP contribution in [0, 0.1) is 6.92 Å². The van der Waals surface area contributed by atoms with Crippen LogP contribution in [0.3, 0.4) is 0 Å². The lowest BCUT2D eigenvalue weighted by molar-refractivity contribution is 0.510. The second-order valence-corrected chi connectivity index (χ2v) is 5.62. The lowest BCUT2D eigenvalue weighted by atomic mass is 10.1. The van der Waals surface area contributed by atoms with E-state index in [1.54, 1.807) is 0 Å². The van der Waals surface area contributed by atoms with Crippen LogP contribution in [0.1, 0.15) is 43.1 Å². The average molecular weight is 270 g/mol. The maximum absolute atomic E-state index is 5.65. The molecule has 0 aliphatic heterocycles. The Morgan fingerprint density at radius 1 is 1.25 bits per heavy atom. The topological polar surface area (TPSA) is 56.7 Å². The third-order valence-corrected chi connectivity index (χ3v) is 4.17. The van der Waals surface area contributed by atoms with E-state index in [9.17, 15) is 0 Å². The summed E-state index contributed by atoms with van der Waals surface area (Å²) in [6.45, 7) is 2.73. The molecule has 2 aromatic rings. The molecule has 0 unspecified atom stereocenters. The number of hydrogen-bond acceptors (Lipinski definition) is 3. The van der Waals surface area contributed by atoms with Crippen LogP contribution in [0.25, 0.3) is 11.4 Å². The second kappa shape index (κ2) is 5.75. The molecule has 20 heavy (non-hydrogen) atoms. The van der Waals surface area contributed by atoms with E-state index in [-0.39, 0.29) is 0 Å². The van der Waals surface area contributed by atoms with Gasteiger partial charge in [-0.3, -0.25) is 0 Å². The number of aryl methyl sites for hydroxylation is 1. The van der Waals surface area contributed by atoms with Gasteiger partial charge in [0.2, 0.25) is 0 Å². The van der Waals surface area contributed by atoms with Gasteiger partial charge in [0.25, 0.3) is 0 Å². The van der Waals surface area contributed by atoms with Crippen molar-refractivity contribution in [2.45, 2.75) is 45.1 Å². The zero-order chi connectivity index (χ0) is 13.9. The Balaban J connectivity index is 1.99. The minimum atomic E-state index is 0.568. The normalized spacial score (nSPS) is 15.9. The van der Waals surface area contributed by atoms with Crippen molar-refractivity contribution in [3.8, 4) is 11.4 Å². The van der Waals surface area contributed by atoms with E-state index in [0.717, 1.165) is 23.6 Å². The summed E-state index contributed by atoms with van der Waals surface area (Å²) in [5.74, 6) is 2.03. The lowest BCUT2D eigenvalue weighted by Gasteiger charge is -2.16. The summed E-state index contributed by atoms with van der Waals surface area (Å²) < 4.78 is 2.33. The first kappa shape index (κ1) is 13.3. The van der Waals surface area contributed by atoms with Crippen molar-refractivity contribution >= 4 is 0 Å². The van der Waals surface area contributed by atoms with Crippen LogP contribution in [-0.4, -0.2) is 21.3 Å². The monoisotopic (exact) mass is 270 g/mol. The number of nitrogens with two attached hydrogens (primary N) is 1. The van der Waals surface area contributed by atoms with E-state index in [0.29, 0.717) is 12.6 Å². The Kier molecular flexibility index (Phi) is 3.83. The summed E-state index contributed by atoms with van der Waals surface area (Å²) in [4.78, 5) is 0. The van der Waals surface area contributed by atoms with Crippen molar-refractivity contribution in [3.63, 3.8) is 0 Å². The number of aromatic nitrogens is 3. The van der Waals surface area contributed by atoms with Crippen LogP contribution < -0.4 is 5.73 Å². The number of rotatable bonds is 4. The fourth-order valence-electron chi connectivity index (χ4n) is 3.20. The van der Waals surface area contributed by atoms with Crippen LogP contribution in [0.4, 0.5) is 0 Å². The van der Waals surface area contributed by atoms with Gasteiger partial charge >= 0.3 is 0 Å². The third-order valence-electron chi connectivity index (χ3n) is 4.17. The summed E-state index contributed by atoms with van der Waals surface area (Å²) in [6, 6.07) is 9.10. The van der Waals surface area contributed by atoms with Crippen LogP contribution in [0.15, 0.2) is 24.3 Å². The molecule has 4 nitrogen and oxygen atoms in total. The summed E-state index contributed by atoms with van der Waals surface area (Å²) in [7, 11) is 0. The SMILES string of the molecule is Cc1nnc(-c2cccc(CCN)c2)n1C1CCCC1. The lowest BCUT2D eigenvalue weighted by Crippen LogP contribution is -2.09. The summed E-state index contributed by atoms with van der Waals surface area (Å²) >= 11 is 0. The first-order valence-corrected chi connectivity index (χ1v) is 7.50. The number of nitrogens with zero attached hydrogens (tertiary/aromatic N) is 3. The van der Waals surface area contributed by atoms with Crippen LogP contribution >= 0.6 is 0 Å². The van der Waals surface area contributed by atoms with Crippen molar-refractivity contribution in [1.29, 1.82) is 0 Å². The predicted molar refractivity (Wildman–Crippen MR) is 80.5 cm³/mol. The Labute approximate surface area is 120 Å². The van der Waals surface area contributed by atoms with Gasteiger partial charge in [-0.2, -0.15) is 0 Å². The van der Waals surface area contributed by atoms with Gasteiger partial charge < -0.3 is 10.3 Å². The molecule has 0 amide bonds. The molecule has 1 aliphatic carbocycles. The second-order valence-electron chi connectivity index (χ2n) is 5.62. The first-order chi connectivity index (χ1) is 9.79. The van der Waals surface area contributed by atoms with Crippen molar-refractivity contribution in [3.05, 3.63) is 35.7 Å². The Morgan fingerprint density at radius 3 is 2.80 bits per heavy atom. The van der Waals surface area contributed by atoms with E-state index in [1.165, 1.54) is 31.2 Å². The molecule has 0 atom stereocenters. The molecule has 106 valence electrons. The Bertz CT molecular complexity index is 582. The quantitative estimate of drug-likeness (QED) is 0.929. The highest BCUT2D eigenvalue weighted by Gasteiger charge is 2.22. The third kappa shape index (κ3) is 2.48. The minimum Gasteiger partial charge on any atom is -0.330 e. The van der Waals surface area contributed by atoms with Crippen LogP contribution in [0.5, 0.6) is 0 Å². The summed E-state index contributed by atoms with van der Waals surface area (Å²) in [6.07, 6.45) is 6.02. The summed E-state index contributed by atoms with van der Waals surface area (Å²) in [5.41, 5.74) is 8.07. The molecule has 1 saturated carbocycles. The molecule has 1 aliphatic rings. The van der Waals surface area contributed by atoms with E-state index in [2.05, 4.69) is 46.0 Å². The molecule has 2 N–H and O–H groups in total. The van der Waals surface area contributed by atoms with Gasteiger partial charge in [-0.15, -0.1) is 10.2 Å². The molecular weight excluding hydrogens is 248 g/mol. The molecule has 1 aromatic heterocycles. The van der Waals surface area contributed by atoms with E-state index in [4.69, 9.17) is 5.73 Å². The number of hydrogen-bond donors (Lipinski definition) is 1. The standard InChI is InChI=1S/C16H22N4/c1-12-18-19-16(20(12)15-7-2-3-8-15)14-6-4-5-13(11-14)9-10-17/h4-6,11,15H,2-3,7-10,17H2,1H3.